The molecule has 1 unspecified atom stereocenters. The van der Waals surface area contributed by atoms with Gasteiger partial charge in [-0.2, -0.15) is 0 Å². The van der Waals surface area contributed by atoms with Crippen molar-refractivity contribution in [2.24, 2.45) is 0 Å². The Hall–Kier alpha value is -2.96. The van der Waals surface area contributed by atoms with Gasteiger partial charge in [-0.25, -0.2) is 4.98 Å². The summed E-state index contributed by atoms with van der Waals surface area (Å²) >= 11 is 6.21. The van der Waals surface area contributed by atoms with Crippen LogP contribution in [0.1, 0.15) is 17.9 Å². The van der Waals surface area contributed by atoms with Crippen LogP contribution in [0.4, 0.5) is 0 Å². The molecule has 2 aromatic heterocycles. The quantitative estimate of drug-likeness (QED) is 0.479. The van der Waals surface area contributed by atoms with Crippen LogP contribution in [-0.4, -0.2) is 47.2 Å². The maximum Gasteiger partial charge on any atom is 0.207 e. The van der Waals surface area contributed by atoms with Crippen molar-refractivity contribution in [3.05, 3.63) is 59.1 Å². The maximum absolute atomic E-state index is 6.29. The van der Waals surface area contributed by atoms with Crippen LogP contribution in [0.25, 0.3) is 27.6 Å². The summed E-state index contributed by atoms with van der Waals surface area (Å²) in [6.07, 6.45) is 5.32. The van der Waals surface area contributed by atoms with E-state index in [0.29, 0.717) is 23.8 Å². The molecule has 1 atom stereocenters. The zero-order valence-corrected chi connectivity index (χ0v) is 17.9. The first-order chi connectivity index (χ1) is 15.1. The molecule has 2 aliphatic rings. The fraction of sp³-hybridized carbons (Fsp3) is 0.292. The zero-order valence-electron chi connectivity index (χ0n) is 17.2. The molecule has 1 N–H and O–H groups in total. The SMILES string of the molecule is Cc1nc2ccc3c(c2o1)OC(CN1CC=C(c2c[nH]c4ccc(Cl)cc24)CC1)CO3. The summed E-state index contributed by atoms with van der Waals surface area (Å²) < 4.78 is 18.0. The number of rotatable bonds is 3. The van der Waals surface area contributed by atoms with Gasteiger partial charge in [-0.05, 0) is 42.3 Å². The van der Waals surface area contributed by atoms with Crippen LogP contribution in [0.5, 0.6) is 11.5 Å². The number of halogens is 1. The molecule has 0 amide bonds. The normalized spacial score (nSPS) is 19.2. The van der Waals surface area contributed by atoms with Gasteiger partial charge in [0.2, 0.25) is 11.3 Å². The number of benzene rings is 2. The minimum absolute atomic E-state index is 0.0506. The van der Waals surface area contributed by atoms with Crippen molar-refractivity contribution < 1.29 is 13.9 Å². The first-order valence-electron chi connectivity index (χ1n) is 10.5. The molecular weight excluding hydrogens is 414 g/mol. The standard InChI is InChI=1S/C24H22ClN3O3/c1-14-27-21-4-5-22-24(23(21)30-14)31-17(13-29-22)12-28-8-6-15(7-9-28)19-11-26-20-3-2-16(25)10-18(19)20/h2-6,10-11,17,26H,7-9,12-13H2,1H3. The van der Waals surface area contributed by atoms with Gasteiger partial charge in [-0.15, -0.1) is 0 Å². The second kappa shape index (κ2) is 7.32. The maximum atomic E-state index is 6.29. The minimum atomic E-state index is -0.0506. The molecule has 0 spiro atoms. The van der Waals surface area contributed by atoms with Crippen molar-refractivity contribution in [2.75, 3.05) is 26.2 Å². The largest absolute Gasteiger partial charge is 0.486 e. The van der Waals surface area contributed by atoms with E-state index in [0.717, 1.165) is 47.9 Å². The highest BCUT2D eigenvalue weighted by atomic mass is 35.5. The molecule has 6 rings (SSSR count). The Morgan fingerprint density at radius 2 is 2.19 bits per heavy atom. The molecule has 0 radical (unpaired) electrons. The Kier molecular flexibility index (Phi) is 4.44. The third-order valence-electron chi connectivity index (χ3n) is 6.04. The predicted molar refractivity (Wildman–Crippen MR) is 121 cm³/mol. The van der Waals surface area contributed by atoms with Crippen LogP contribution in [0.2, 0.25) is 5.02 Å². The predicted octanol–water partition coefficient (Wildman–Crippen LogP) is 5.20. The van der Waals surface area contributed by atoms with E-state index in [-0.39, 0.29) is 6.10 Å². The fourth-order valence-electron chi connectivity index (χ4n) is 4.53. The lowest BCUT2D eigenvalue weighted by molar-refractivity contribution is 0.0621. The molecule has 0 fully saturated rings. The molecule has 31 heavy (non-hydrogen) atoms. The third-order valence-corrected chi connectivity index (χ3v) is 6.27. The molecule has 2 aromatic carbocycles. The first kappa shape index (κ1) is 18.8. The van der Waals surface area contributed by atoms with Gasteiger partial charge in [-0.3, -0.25) is 4.90 Å². The van der Waals surface area contributed by atoms with E-state index in [1.807, 2.05) is 37.3 Å². The fourth-order valence-corrected chi connectivity index (χ4v) is 4.70. The lowest BCUT2D eigenvalue weighted by Crippen LogP contribution is -2.42. The number of fused-ring (bicyclic) bond motifs is 4. The minimum Gasteiger partial charge on any atom is -0.486 e. The number of nitrogens with one attached hydrogen (secondary N) is 1. The van der Waals surface area contributed by atoms with Crippen LogP contribution < -0.4 is 9.47 Å². The number of ether oxygens (including phenoxy) is 2. The van der Waals surface area contributed by atoms with E-state index in [1.165, 1.54) is 16.5 Å². The van der Waals surface area contributed by atoms with E-state index in [9.17, 15) is 0 Å². The highest BCUT2D eigenvalue weighted by Crippen LogP contribution is 2.39. The van der Waals surface area contributed by atoms with Gasteiger partial charge < -0.3 is 18.9 Å². The van der Waals surface area contributed by atoms with E-state index < -0.39 is 0 Å². The summed E-state index contributed by atoms with van der Waals surface area (Å²) in [4.78, 5) is 10.1. The number of oxazole rings is 1. The van der Waals surface area contributed by atoms with Crippen LogP contribution in [0.15, 0.2) is 47.0 Å². The Morgan fingerprint density at radius 1 is 1.26 bits per heavy atom. The van der Waals surface area contributed by atoms with Crippen molar-refractivity contribution in [3.8, 4) is 11.5 Å². The molecule has 4 aromatic rings. The molecular formula is C24H22ClN3O3. The third kappa shape index (κ3) is 3.36. The number of aromatic amines is 1. The van der Waals surface area contributed by atoms with E-state index >= 15 is 0 Å². The van der Waals surface area contributed by atoms with Crippen molar-refractivity contribution in [2.45, 2.75) is 19.4 Å². The Morgan fingerprint density at radius 3 is 3.06 bits per heavy atom. The second-order valence-electron chi connectivity index (χ2n) is 8.16. The lowest BCUT2D eigenvalue weighted by Gasteiger charge is -2.32. The molecule has 0 bridgehead atoms. The highest BCUT2D eigenvalue weighted by molar-refractivity contribution is 6.31. The average Bonchev–Trinajstić information content (AvgIpc) is 3.37. The van der Waals surface area contributed by atoms with Crippen molar-refractivity contribution in [1.82, 2.24) is 14.9 Å². The summed E-state index contributed by atoms with van der Waals surface area (Å²) in [6.45, 7) is 5.01. The number of nitrogens with zero attached hydrogens (tertiary/aromatic N) is 2. The molecule has 6 nitrogen and oxygen atoms in total. The summed E-state index contributed by atoms with van der Waals surface area (Å²) in [5, 5.41) is 1.94. The van der Waals surface area contributed by atoms with Crippen LogP contribution in [0.3, 0.4) is 0 Å². The van der Waals surface area contributed by atoms with E-state index in [4.69, 9.17) is 25.5 Å². The second-order valence-corrected chi connectivity index (χ2v) is 8.59. The summed E-state index contributed by atoms with van der Waals surface area (Å²) in [5.41, 5.74) is 5.17. The van der Waals surface area contributed by atoms with E-state index in [1.54, 1.807) is 0 Å². The monoisotopic (exact) mass is 435 g/mol. The van der Waals surface area contributed by atoms with Crippen LogP contribution in [-0.2, 0) is 0 Å². The molecule has 158 valence electrons. The van der Waals surface area contributed by atoms with Crippen molar-refractivity contribution in [3.63, 3.8) is 0 Å². The van der Waals surface area contributed by atoms with Gasteiger partial charge in [0.15, 0.2) is 11.6 Å². The van der Waals surface area contributed by atoms with Crippen molar-refractivity contribution in [1.29, 1.82) is 0 Å². The highest BCUT2D eigenvalue weighted by Gasteiger charge is 2.28. The molecule has 7 heteroatoms. The molecule has 2 aliphatic heterocycles. The van der Waals surface area contributed by atoms with Gasteiger partial charge >= 0.3 is 0 Å². The zero-order chi connectivity index (χ0) is 20.9. The van der Waals surface area contributed by atoms with E-state index in [2.05, 4.69) is 27.1 Å². The Balaban J connectivity index is 1.17. The Labute approximate surface area is 184 Å². The first-order valence-corrected chi connectivity index (χ1v) is 10.9. The van der Waals surface area contributed by atoms with Crippen LogP contribution >= 0.6 is 11.6 Å². The molecule has 0 saturated carbocycles. The van der Waals surface area contributed by atoms with Gasteiger partial charge in [0, 0.05) is 54.2 Å². The van der Waals surface area contributed by atoms with Gasteiger partial charge in [0.25, 0.3) is 0 Å². The Bertz CT molecular complexity index is 1320. The summed E-state index contributed by atoms with van der Waals surface area (Å²) in [7, 11) is 0. The molecule has 0 aliphatic carbocycles. The smallest absolute Gasteiger partial charge is 0.207 e. The van der Waals surface area contributed by atoms with Gasteiger partial charge in [-0.1, -0.05) is 17.7 Å². The summed E-state index contributed by atoms with van der Waals surface area (Å²) in [5.74, 6) is 2.01. The van der Waals surface area contributed by atoms with Crippen molar-refractivity contribution >= 4 is 39.2 Å². The van der Waals surface area contributed by atoms with Crippen LogP contribution in [0, 0.1) is 6.92 Å². The van der Waals surface area contributed by atoms with Gasteiger partial charge in [0.05, 0.1) is 0 Å². The molecule has 0 saturated heterocycles. The number of H-pyrrole nitrogens is 1. The lowest BCUT2D eigenvalue weighted by atomic mass is 9.99. The number of hydrogen-bond acceptors (Lipinski definition) is 5. The van der Waals surface area contributed by atoms with Gasteiger partial charge in [0.1, 0.15) is 18.2 Å². The summed E-state index contributed by atoms with van der Waals surface area (Å²) in [6, 6.07) is 9.79. The molecule has 4 heterocycles. The topological polar surface area (TPSA) is 63.5 Å². The number of hydrogen-bond donors (Lipinski definition) is 1. The number of aromatic nitrogens is 2. The number of aryl methyl sites for hydroxylation is 1. The average molecular weight is 436 g/mol.